The number of piperidine rings is 1. The number of hydrogen-bond donors (Lipinski definition) is 2. The largest absolute Gasteiger partial charge is 0.393 e. The van der Waals surface area contributed by atoms with Crippen LogP contribution < -0.4 is 5.73 Å². The van der Waals surface area contributed by atoms with Gasteiger partial charge in [0.1, 0.15) is 0 Å². The summed E-state index contributed by atoms with van der Waals surface area (Å²) in [5, 5.41) is 9.57. The third-order valence-electron chi connectivity index (χ3n) is 2.75. The molecule has 2 atom stereocenters. The summed E-state index contributed by atoms with van der Waals surface area (Å²) in [6, 6.07) is 0. The van der Waals surface area contributed by atoms with Gasteiger partial charge in [0, 0.05) is 19.0 Å². The highest BCUT2D eigenvalue weighted by atomic mass is 16.3. The Hall–Kier alpha value is -0.610. The lowest BCUT2D eigenvalue weighted by atomic mass is 9.92. The van der Waals surface area contributed by atoms with Crippen molar-refractivity contribution in [3.05, 3.63) is 0 Å². The Labute approximate surface area is 78.7 Å². The van der Waals surface area contributed by atoms with Gasteiger partial charge in [0.15, 0.2) is 0 Å². The third kappa shape index (κ3) is 2.42. The molecule has 1 fully saturated rings. The SMILES string of the molecule is CCC1CN(C(=O)CN)CCC1O. The number of nitrogens with two attached hydrogens (primary N) is 1. The molecule has 1 saturated heterocycles. The molecule has 3 N–H and O–H groups in total. The summed E-state index contributed by atoms with van der Waals surface area (Å²) in [5.74, 6) is 0.217. The molecule has 2 unspecified atom stereocenters. The van der Waals surface area contributed by atoms with Crippen LogP contribution in [0.2, 0.25) is 0 Å². The number of aliphatic hydroxyl groups is 1. The molecule has 1 aliphatic rings. The predicted molar refractivity (Wildman–Crippen MR) is 50.0 cm³/mol. The Morgan fingerprint density at radius 2 is 2.38 bits per heavy atom. The molecule has 0 aliphatic carbocycles. The summed E-state index contributed by atoms with van der Waals surface area (Å²) in [5.41, 5.74) is 5.27. The second kappa shape index (κ2) is 4.58. The average Bonchev–Trinajstić information content (AvgIpc) is 2.17. The van der Waals surface area contributed by atoms with Gasteiger partial charge >= 0.3 is 0 Å². The number of hydrogen-bond acceptors (Lipinski definition) is 3. The molecule has 0 radical (unpaired) electrons. The van der Waals surface area contributed by atoms with Crippen LogP contribution in [0, 0.1) is 5.92 Å². The maximum atomic E-state index is 11.3. The smallest absolute Gasteiger partial charge is 0.236 e. The first kappa shape index (κ1) is 10.5. The number of amides is 1. The topological polar surface area (TPSA) is 66.6 Å². The summed E-state index contributed by atoms with van der Waals surface area (Å²) >= 11 is 0. The minimum absolute atomic E-state index is 0.00894. The van der Waals surface area contributed by atoms with Gasteiger partial charge in [0.2, 0.25) is 5.91 Å². The van der Waals surface area contributed by atoms with E-state index in [0.717, 1.165) is 6.42 Å². The van der Waals surface area contributed by atoms with Crippen molar-refractivity contribution in [2.24, 2.45) is 11.7 Å². The average molecular weight is 186 g/mol. The zero-order valence-corrected chi connectivity index (χ0v) is 8.07. The minimum atomic E-state index is -0.244. The van der Waals surface area contributed by atoms with Gasteiger partial charge in [-0.3, -0.25) is 4.79 Å². The van der Waals surface area contributed by atoms with Crippen molar-refractivity contribution in [2.75, 3.05) is 19.6 Å². The lowest BCUT2D eigenvalue weighted by Gasteiger charge is -2.35. The Kier molecular flexibility index (Phi) is 3.69. The molecule has 4 nitrogen and oxygen atoms in total. The van der Waals surface area contributed by atoms with Gasteiger partial charge in [-0.25, -0.2) is 0 Å². The van der Waals surface area contributed by atoms with Crippen LogP contribution in [0.3, 0.4) is 0 Å². The first-order valence-electron chi connectivity index (χ1n) is 4.85. The fraction of sp³-hybridized carbons (Fsp3) is 0.889. The second-order valence-electron chi connectivity index (χ2n) is 3.57. The summed E-state index contributed by atoms with van der Waals surface area (Å²) < 4.78 is 0. The van der Waals surface area contributed by atoms with Crippen LogP contribution in [0.1, 0.15) is 19.8 Å². The van der Waals surface area contributed by atoms with Crippen molar-refractivity contribution in [1.82, 2.24) is 4.90 Å². The standard InChI is InChI=1S/C9H18N2O2/c1-2-7-6-11(9(13)5-10)4-3-8(7)12/h7-8,12H,2-6,10H2,1H3. The zero-order chi connectivity index (χ0) is 9.84. The highest BCUT2D eigenvalue weighted by molar-refractivity contribution is 5.78. The monoisotopic (exact) mass is 186 g/mol. The van der Waals surface area contributed by atoms with Crippen LogP contribution in [0.25, 0.3) is 0 Å². The molecule has 13 heavy (non-hydrogen) atoms. The van der Waals surface area contributed by atoms with Gasteiger partial charge in [0.25, 0.3) is 0 Å². The molecular formula is C9H18N2O2. The predicted octanol–water partition coefficient (Wildman–Crippen LogP) is -0.435. The quantitative estimate of drug-likeness (QED) is 0.614. The fourth-order valence-corrected chi connectivity index (χ4v) is 1.78. The van der Waals surface area contributed by atoms with E-state index in [2.05, 4.69) is 0 Å². The Morgan fingerprint density at radius 3 is 2.92 bits per heavy atom. The van der Waals surface area contributed by atoms with Crippen LogP contribution in [0.4, 0.5) is 0 Å². The van der Waals surface area contributed by atoms with E-state index in [1.807, 2.05) is 6.92 Å². The molecule has 76 valence electrons. The van der Waals surface area contributed by atoms with E-state index < -0.39 is 0 Å². The second-order valence-corrected chi connectivity index (χ2v) is 3.57. The lowest BCUT2D eigenvalue weighted by Crippen LogP contribution is -2.47. The summed E-state index contributed by atoms with van der Waals surface area (Å²) in [6.45, 7) is 3.41. The van der Waals surface area contributed by atoms with Crippen LogP contribution in [0.15, 0.2) is 0 Å². The molecule has 0 aromatic heterocycles. The van der Waals surface area contributed by atoms with Crippen molar-refractivity contribution in [3.63, 3.8) is 0 Å². The normalized spacial score (nSPS) is 29.0. The summed E-state index contributed by atoms with van der Waals surface area (Å²) in [4.78, 5) is 13.0. The van der Waals surface area contributed by atoms with Gasteiger partial charge in [-0.1, -0.05) is 6.92 Å². The van der Waals surface area contributed by atoms with Crippen LogP contribution in [-0.2, 0) is 4.79 Å². The van der Waals surface area contributed by atoms with Gasteiger partial charge in [-0.2, -0.15) is 0 Å². The lowest BCUT2D eigenvalue weighted by molar-refractivity contribution is -0.133. The number of nitrogens with zero attached hydrogens (tertiary/aromatic N) is 1. The van der Waals surface area contributed by atoms with Crippen molar-refractivity contribution < 1.29 is 9.90 Å². The van der Waals surface area contributed by atoms with Gasteiger partial charge in [-0.05, 0) is 12.8 Å². The number of carbonyl (C=O) groups is 1. The molecule has 4 heteroatoms. The fourth-order valence-electron chi connectivity index (χ4n) is 1.78. The van der Waals surface area contributed by atoms with E-state index >= 15 is 0 Å². The highest BCUT2D eigenvalue weighted by Gasteiger charge is 2.28. The highest BCUT2D eigenvalue weighted by Crippen LogP contribution is 2.19. The maximum Gasteiger partial charge on any atom is 0.236 e. The third-order valence-corrected chi connectivity index (χ3v) is 2.75. The van der Waals surface area contributed by atoms with Crippen molar-refractivity contribution in [2.45, 2.75) is 25.9 Å². The van der Waals surface area contributed by atoms with Crippen molar-refractivity contribution in [1.29, 1.82) is 0 Å². The van der Waals surface area contributed by atoms with Crippen LogP contribution in [-0.4, -0.2) is 41.7 Å². The number of likely N-dealkylation sites (tertiary alicyclic amines) is 1. The van der Waals surface area contributed by atoms with E-state index in [9.17, 15) is 9.90 Å². The molecule has 1 rings (SSSR count). The molecule has 1 amide bonds. The van der Waals surface area contributed by atoms with Gasteiger partial charge in [-0.15, -0.1) is 0 Å². The molecule has 0 spiro atoms. The number of aliphatic hydroxyl groups excluding tert-OH is 1. The van der Waals surface area contributed by atoms with Crippen molar-refractivity contribution >= 4 is 5.91 Å². The zero-order valence-electron chi connectivity index (χ0n) is 8.07. The molecule has 1 aliphatic heterocycles. The molecule has 0 saturated carbocycles. The summed E-state index contributed by atoms with van der Waals surface area (Å²) in [6.07, 6.45) is 1.35. The Bertz CT molecular complexity index is 184. The van der Waals surface area contributed by atoms with Crippen LogP contribution >= 0.6 is 0 Å². The van der Waals surface area contributed by atoms with E-state index in [1.165, 1.54) is 0 Å². The first-order chi connectivity index (χ1) is 6.19. The Balaban J connectivity index is 2.49. The molecule has 0 bridgehead atoms. The number of rotatable bonds is 2. The van der Waals surface area contributed by atoms with E-state index in [1.54, 1.807) is 4.90 Å². The van der Waals surface area contributed by atoms with E-state index in [0.29, 0.717) is 19.5 Å². The first-order valence-corrected chi connectivity index (χ1v) is 4.85. The van der Waals surface area contributed by atoms with Gasteiger partial charge < -0.3 is 15.7 Å². The molecule has 0 aromatic rings. The number of carbonyl (C=O) groups excluding carboxylic acids is 1. The van der Waals surface area contributed by atoms with Crippen molar-refractivity contribution in [3.8, 4) is 0 Å². The van der Waals surface area contributed by atoms with E-state index in [4.69, 9.17) is 5.73 Å². The molecule has 1 heterocycles. The van der Waals surface area contributed by atoms with E-state index in [-0.39, 0.29) is 24.5 Å². The maximum absolute atomic E-state index is 11.3. The minimum Gasteiger partial charge on any atom is -0.393 e. The molecular weight excluding hydrogens is 168 g/mol. The Morgan fingerprint density at radius 1 is 1.69 bits per heavy atom. The van der Waals surface area contributed by atoms with Gasteiger partial charge in [0.05, 0.1) is 12.6 Å². The molecule has 0 aromatic carbocycles. The van der Waals surface area contributed by atoms with Crippen LogP contribution in [0.5, 0.6) is 0 Å². The summed E-state index contributed by atoms with van der Waals surface area (Å²) in [7, 11) is 0.